The van der Waals surface area contributed by atoms with Gasteiger partial charge in [-0.3, -0.25) is 4.79 Å². The molecule has 23 heavy (non-hydrogen) atoms. The lowest BCUT2D eigenvalue weighted by Gasteiger charge is -2.46. The lowest BCUT2D eigenvalue weighted by Crippen LogP contribution is -2.68. The molecule has 0 aromatic carbocycles. The fraction of sp³-hybridized carbons (Fsp3) is 0.750. The second-order valence-corrected chi connectivity index (χ2v) is 5.07. The first-order valence-corrected chi connectivity index (χ1v) is 6.54. The molecule has 0 saturated carbocycles. The molecule has 1 fully saturated rings. The molecule has 0 aromatic rings. The van der Waals surface area contributed by atoms with Crippen LogP contribution in [0, 0.1) is 5.92 Å². The van der Waals surface area contributed by atoms with Crippen molar-refractivity contribution in [3.63, 3.8) is 0 Å². The van der Waals surface area contributed by atoms with Gasteiger partial charge in [0.2, 0.25) is 11.6 Å². The van der Waals surface area contributed by atoms with Crippen LogP contribution in [0.25, 0.3) is 0 Å². The van der Waals surface area contributed by atoms with Crippen LogP contribution in [0.3, 0.4) is 0 Å². The molecular formula is C12H18O11. The Hall–Kier alpha value is -1.63. The van der Waals surface area contributed by atoms with E-state index >= 15 is 0 Å². The van der Waals surface area contributed by atoms with Crippen molar-refractivity contribution in [2.75, 3.05) is 6.61 Å². The SMILES string of the molecule is CC(=O)C(=O)OOC(=O)C(C)C1(O)O[C@H](CO)[C@@H](O)[C@H](O)[C@H]1O. The molecule has 1 heterocycles. The van der Waals surface area contributed by atoms with Gasteiger partial charge in [-0.2, -0.15) is 0 Å². The van der Waals surface area contributed by atoms with E-state index in [0.717, 1.165) is 13.8 Å². The predicted octanol–water partition coefficient (Wildman–Crippen LogP) is -3.62. The average Bonchev–Trinajstić information content (AvgIpc) is 2.52. The Kier molecular flexibility index (Phi) is 6.16. The second kappa shape index (κ2) is 7.29. The van der Waals surface area contributed by atoms with Gasteiger partial charge in [0.15, 0.2) is 0 Å². The van der Waals surface area contributed by atoms with Crippen molar-refractivity contribution < 1.29 is 54.4 Å². The number of rotatable bonds is 4. The van der Waals surface area contributed by atoms with Crippen molar-refractivity contribution in [2.45, 2.75) is 44.1 Å². The molecule has 0 radical (unpaired) electrons. The topological polar surface area (TPSA) is 180 Å². The van der Waals surface area contributed by atoms with Gasteiger partial charge in [0, 0.05) is 6.92 Å². The maximum Gasteiger partial charge on any atom is 0.421 e. The Bertz CT molecular complexity index is 476. The maximum absolute atomic E-state index is 11.7. The summed E-state index contributed by atoms with van der Waals surface area (Å²) in [4.78, 5) is 41.2. The summed E-state index contributed by atoms with van der Waals surface area (Å²) in [6.07, 6.45) is -7.27. The zero-order valence-corrected chi connectivity index (χ0v) is 12.3. The minimum Gasteiger partial charge on any atom is -0.394 e. The number of ketones is 1. The third kappa shape index (κ3) is 3.83. The van der Waals surface area contributed by atoms with E-state index in [1.54, 1.807) is 0 Å². The number of aliphatic hydroxyl groups excluding tert-OH is 4. The molecule has 0 amide bonds. The fourth-order valence-electron chi connectivity index (χ4n) is 1.92. The standard InChI is InChI=1S/C12H18O11/c1-4(10(18)22-23-11(19)5(2)14)12(20)9(17)8(16)7(15)6(3-13)21-12/h4,6-9,13,15-17,20H,3H2,1-2H3/t4?,6-,7-,8+,9-,12?/m1/s1. The molecule has 132 valence electrons. The van der Waals surface area contributed by atoms with Crippen LogP contribution in [0.15, 0.2) is 0 Å². The molecule has 11 heteroatoms. The normalized spacial score (nSPS) is 35.3. The van der Waals surface area contributed by atoms with Crippen molar-refractivity contribution in [2.24, 2.45) is 5.92 Å². The monoisotopic (exact) mass is 338 g/mol. The van der Waals surface area contributed by atoms with Crippen LogP contribution in [0.5, 0.6) is 0 Å². The zero-order valence-electron chi connectivity index (χ0n) is 12.3. The van der Waals surface area contributed by atoms with Crippen molar-refractivity contribution >= 4 is 17.7 Å². The van der Waals surface area contributed by atoms with Gasteiger partial charge in [-0.25, -0.2) is 19.4 Å². The second-order valence-electron chi connectivity index (χ2n) is 5.07. The third-order valence-corrected chi connectivity index (χ3v) is 3.46. The lowest BCUT2D eigenvalue weighted by molar-refractivity contribution is -0.367. The van der Waals surface area contributed by atoms with Gasteiger partial charge < -0.3 is 30.3 Å². The van der Waals surface area contributed by atoms with E-state index in [2.05, 4.69) is 9.78 Å². The van der Waals surface area contributed by atoms with Crippen molar-refractivity contribution in [1.82, 2.24) is 0 Å². The van der Waals surface area contributed by atoms with E-state index in [9.17, 15) is 34.8 Å². The number of carbonyl (C=O) groups excluding carboxylic acids is 3. The highest BCUT2D eigenvalue weighted by Crippen LogP contribution is 2.34. The molecule has 11 nitrogen and oxygen atoms in total. The minimum absolute atomic E-state index is 0.825. The maximum atomic E-state index is 11.7. The van der Waals surface area contributed by atoms with Gasteiger partial charge in [0.25, 0.3) is 0 Å². The van der Waals surface area contributed by atoms with Crippen LogP contribution in [0.4, 0.5) is 0 Å². The highest BCUT2D eigenvalue weighted by molar-refractivity contribution is 6.32. The van der Waals surface area contributed by atoms with Crippen LogP contribution in [-0.2, 0) is 28.9 Å². The van der Waals surface area contributed by atoms with Crippen LogP contribution in [0.1, 0.15) is 13.8 Å². The molecule has 0 aromatic heterocycles. The Balaban J connectivity index is 2.86. The summed E-state index contributed by atoms with van der Waals surface area (Å²) in [5, 5.41) is 48.4. The Morgan fingerprint density at radius 1 is 1.17 bits per heavy atom. The van der Waals surface area contributed by atoms with Crippen LogP contribution in [0.2, 0.25) is 0 Å². The molecule has 0 aliphatic carbocycles. The Labute approximate surface area is 129 Å². The average molecular weight is 338 g/mol. The first-order valence-electron chi connectivity index (χ1n) is 6.54. The fourth-order valence-corrected chi connectivity index (χ4v) is 1.92. The Morgan fingerprint density at radius 2 is 1.74 bits per heavy atom. The molecule has 1 aliphatic rings. The number of carbonyl (C=O) groups is 3. The molecule has 1 aliphatic heterocycles. The van der Waals surface area contributed by atoms with E-state index < -0.39 is 60.4 Å². The summed E-state index contributed by atoms with van der Waals surface area (Å²) >= 11 is 0. The minimum atomic E-state index is -2.74. The van der Waals surface area contributed by atoms with Crippen molar-refractivity contribution in [1.29, 1.82) is 0 Å². The highest BCUT2D eigenvalue weighted by atomic mass is 17.2. The number of hydrogen-bond acceptors (Lipinski definition) is 11. The number of Topliss-reactive ketones (excluding diaryl/α,β-unsaturated/α-hetero) is 1. The van der Waals surface area contributed by atoms with Crippen molar-refractivity contribution in [3.8, 4) is 0 Å². The lowest BCUT2D eigenvalue weighted by atomic mass is 9.85. The molecule has 6 atom stereocenters. The molecule has 2 unspecified atom stereocenters. The van der Waals surface area contributed by atoms with Gasteiger partial charge in [0.05, 0.1) is 6.61 Å². The van der Waals surface area contributed by atoms with Crippen LogP contribution in [-0.4, -0.2) is 80.1 Å². The molecule has 0 spiro atoms. The van der Waals surface area contributed by atoms with E-state index in [1.807, 2.05) is 0 Å². The van der Waals surface area contributed by atoms with E-state index in [1.165, 1.54) is 0 Å². The van der Waals surface area contributed by atoms with Gasteiger partial charge >= 0.3 is 11.9 Å². The molecule has 1 saturated heterocycles. The zero-order chi connectivity index (χ0) is 17.9. The Morgan fingerprint density at radius 3 is 2.22 bits per heavy atom. The van der Waals surface area contributed by atoms with Crippen LogP contribution >= 0.6 is 0 Å². The van der Waals surface area contributed by atoms with E-state index in [0.29, 0.717) is 0 Å². The van der Waals surface area contributed by atoms with Gasteiger partial charge in [-0.05, 0) is 6.92 Å². The van der Waals surface area contributed by atoms with E-state index in [4.69, 9.17) is 9.84 Å². The third-order valence-electron chi connectivity index (χ3n) is 3.46. The molecule has 1 rings (SSSR count). The van der Waals surface area contributed by atoms with Gasteiger partial charge in [0.1, 0.15) is 30.3 Å². The summed E-state index contributed by atoms with van der Waals surface area (Å²) in [7, 11) is 0. The summed E-state index contributed by atoms with van der Waals surface area (Å²) in [5.41, 5.74) is 0. The quantitative estimate of drug-likeness (QED) is 0.194. The first kappa shape index (κ1) is 19.4. The van der Waals surface area contributed by atoms with Gasteiger partial charge in [-0.15, -0.1) is 0 Å². The molecular weight excluding hydrogens is 320 g/mol. The van der Waals surface area contributed by atoms with Crippen LogP contribution < -0.4 is 0 Å². The smallest absolute Gasteiger partial charge is 0.394 e. The molecule has 5 N–H and O–H groups in total. The number of aliphatic hydroxyl groups is 5. The summed E-state index contributed by atoms with van der Waals surface area (Å²) in [5.74, 6) is -8.37. The highest BCUT2D eigenvalue weighted by Gasteiger charge is 2.57. The molecule has 0 bridgehead atoms. The summed E-state index contributed by atoms with van der Waals surface area (Å²) in [6.45, 7) is 1.05. The van der Waals surface area contributed by atoms with Crippen molar-refractivity contribution in [3.05, 3.63) is 0 Å². The van der Waals surface area contributed by atoms with Gasteiger partial charge in [-0.1, -0.05) is 0 Å². The number of hydrogen-bond donors (Lipinski definition) is 5. The summed E-state index contributed by atoms with van der Waals surface area (Å²) < 4.78 is 4.89. The number of ether oxygens (including phenoxy) is 1. The summed E-state index contributed by atoms with van der Waals surface area (Å²) in [6, 6.07) is 0. The first-order chi connectivity index (χ1) is 10.6. The predicted molar refractivity (Wildman–Crippen MR) is 67.0 cm³/mol. The largest absolute Gasteiger partial charge is 0.421 e. The van der Waals surface area contributed by atoms with E-state index in [-0.39, 0.29) is 0 Å².